The molecule has 1 fully saturated rings. The quantitative estimate of drug-likeness (QED) is 0.457. The van der Waals surface area contributed by atoms with Crippen LogP contribution < -0.4 is 9.47 Å². The third-order valence-corrected chi connectivity index (χ3v) is 6.16. The smallest absolute Gasteiger partial charge is 0.162 e. The Morgan fingerprint density at radius 1 is 1.24 bits per heavy atom. The molecule has 1 aromatic carbocycles. The molecule has 29 heavy (non-hydrogen) atoms. The van der Waals surface area contributed by atoms with Crippen molar-refractivity contribution in [1.29, 1.82) is 0 Å². The van der Waals surface area contributed by atoms with Crippen molar-refractivity contribution >= 4 is 33.5 Å². The summed E-state index contributed by atoms with van der Waals surface area (Å²) in [5.74, 6) is 1.36. The van der Waals surface area contributed by atoms with E-state index in [4.69, 9.17) is 19.3 Å². The summed E-state index contributed by atoms with van der Waals surface area (Å²) in [4.78, 5) is 0. The minimum atomic E-state index is -0.189. The lowest BCUT2D eigenvalue weighted by Gasteiger charge is -2.24. The zero-order valence-electron chi connectivity index (χ0n) is 17.1. The van der Waals surface area contributed by atoms with E-state index in [-0.39, 0.29) is 12.3 Å². The van der Waals surface area contributed by atoms with Gasteiger partial charge in [0, 0.05) is 23.6 Å². The maximum atomic E-state index is 6.34. The maximum Gasteiger partial charge on any atom is 0.162 e. The highest BCUT2D eigenvalue weighted by atomic mass is 127. The Kier molecular flexibility index (Phi) is 5.91. The van der Waals surface area contributed by atoms with E-state index in [0.29, 0.717) is 11.5 Å². The van der Waals surface area contributed by atoms with Crippen LogP contribution in [0.15, 0.2) is 18.3 Å². The van der Waals surface area contributed by atoms with Crippen LogP contribution in [-0.4, -0.2) is 33.7 Å². The molecule has 2 aromatic heterocycles. The zero-order valence-corrected chi connectivity index (χ0v) is 19.3. The van der Waals surface area contributed by atoms with Crippen LogP contribution in [0.2, 0.25) is 0 Å². The first-order chi connectivity index (χ1) is 14.0. The standard InChI is InChI=1S/C21H25IN4O3/c1-12-11-23-24-13(2)20(12)14(3)29-18-9-15-16(10-17(18)27-4)26(25-21(15)22)19-7-5-6-8-28-19/h9-11,14,19H,5-8H2,1-4H3/t14-,19?/m1/s1. The number of fused-ring (bicyclic) bond motifs is 1. The van der Waals surface area contributed by atoms with Gasteiger partial charge in [-0.1, -0.05) is 0 Å². The van der Waals surface area contributed by atoms with Crippen LogP contribution in [0.4, 0.5) is 0 Å². The predicted octanol–water partition coefficient (Wildman–Crippen LogP) is 4.90. The molecule has 0 amide bonds. The van der Waals surface area contributed by atoms with Gasteiger partial charge in [0.25, 0.3) is 0 Å². The first kappa shape index (κ1) is 20.3. The minimum Gasteiger partial charge on any atom is -0.493 e. The summed E-state index contributed by atoms with van der Waals surface area (Å²) < 4.78 is 20.9. The van der Waals surface area contributed by atoms with Crippen molar-refractivity contribution in [2.45, 2.75) is 52.4 Å². The fraction of sp³-hybridized carbons (Fsp3) is 0.476. The average Bonchev–Trinajstić information content (AvgIpc) is 3.03. The number of aryl methyl sites for hydroxylation is 2. The van der Waals surface area contributed by atoms with Gasteiger partial charge in [-0.05, 0) is 74.3 Å². The molecular formula is C21H25IN4O3. The van der Waals surface area contributed by atoms with Gasteiger partial charge in [0.05, 0.1) is 24.5 Å². The molecule has 0 bridgehead atoms. The highest BCUT2D eigenvalue weighted by Gasteiger charge is 2.23. The van der Waals surface area contributed by atoms with Gasteiger partial charge in [0.2, 0.25) is 0 Å². The van der Waals surface area contributed by atoms with Crippen LogP contribution in [0, 0.1) is 17.5 Å². The van der Waals surface area contributed by atoms with Gasteiger partial charge >= 0.3 is 0 Å². The Morgan fingerprint density at radius 2 is 2.07 bits per heavy atom. The van der Waals surface area contributed by atoms with E-state index in [2.05, 4.69) is 32.8 Å². The Balaban J connectivity index is 1.72. The molecule has 8 heteroatoms. The third kappa shape index (κ3) is 3.92. The summed E-state index contributed by atoms with van der Waals surface area (Å²) in [6.07, 6.45) is 4.77. The van der Waals surface area contributed by atoms with E-state index in [1.165, 1.54) is 0 Å². The molecule has 3 aromatic rings. The topological polar surface area (TPSA) is 71.3 Å². The number of rotatable bonds is 5. The molecule has 7 nitrogen and oxygen atoms in total. The summed E-state index contributed by atoms with van der Waals surface area (Å²) in [7, 11) is 1.66. The van der Waals surface area contributed by atoms with Crippen LogP contribution >= 0.6 is 22.6 Å². The fourth-order valence-corrected chi connectivity index (χ4v) is 4.63. The van der Waals surface area contributed by atoms with Crippen molar-refractivity contribution in [2.75, 3.05) is 13.7 Å². The van der Waals surface area contributed by atoms with Gasteiger partial charge in [-0.15, -0.1) is 0 Å². The van der Waals surface area contributed by atoms with E-state index in [1.54, 1.807) is 13.3 Å². The molecular weight excluding hydrogens is 483 g/mol. The van der Waals surface area contributed by atoms with E-state index in [9.17, 15) is 0 Å². The van der Waals surface area contributed by atoms with Gasteiger partial charge in [-0.3, -0.25) is 0 Å². The molecule has 154 valence electrons. The van der Waals surface area contributed by atoms with Crippen molar-refractivity contribution in [1.82, 2.24) is 20.0 Å². The minimum absolute atomic E-state index is 0.0293. The van der Waals surface area contributed by atoms with Crippen LogP contribution in [-0.2, 0) is 4.74 Å². The molecule has 0 aliphatic carbocycles. The molecule has 3 heterocycles. The van der Waals surface area contributed by atoms with Crippen molar-refractivity contribution in [2.24, 2.45) is 0 Å². The molecule has 0 saturated carbocycles. The summed E-state index contributed by atoms with van der Waals surface area (Å²) in [5, 5.41) is 14.0. The second kappa shape index (κ2) is 8.43. The lowest BCUT2D eigenvalue weighted by atomic mass is 10.1. The van der Waals surface area contributed by atoms with Crippen LogP contribution in [0.5, 0.6) is 11.5 Å². The summed E-state index contributed by atoms with van der Waals surface area (Å²) in [5.41, 5.74) is 3.97. The summed E-state index contributed by atoms with van der Waals surface area (Å²) in [6, 6.07) is 4.01. The van der Waals surface area contributed by atoms with E-state index < -0.39 is 0 Å². The van der Waals surface area contributed by atoms with Gasteiger partial charge in [0.1, 0.15) is 9.80 Å². The highest BCUT2D eigenvalue weighted by Crippen LogP contribution is 2.39. The lowest BCUT2D eigenvalue weighted by Crippen LogP contribution is -2.19. The Bertz CT molecular complexity index is 1010. The Morgan fingerprint density at radius 3 is 2.76 bits per heavy atom. The first-order valence-corrected chi connectivity index (χ1v) is 10.9. The largest absolute Gasteiger partial charge is 0.493 e. The first-order valence-electron chi connectivity index (χ1n) is 9.82. The fourth-order valence-electron chi connectivity index (χ4n) is 3.97. The lowest BCUT2D eigenvalue weighted by molar-refractivity contribution is -0.0368. The van der Waals surface area contributed by atoms with Gasteiger partial charge in [-0.25, -0.2) is 4.68 Å². The number of methoxy groups -OCH3 is 1. The van der Waals surface area contributed by atoms with Crippen LogP contribution in [0.3, 0.4) is 0 Å². The van der Waals surface area contributed by atoms with Crippen molar-refractivity contribution in [3.63, 3.8) is 0 Å². The van der Waals surface area contributed by atoms with E-state index in [1.807, 2.05) is 37.6 Å². The third-order valence-electron chi connectivity index (χ3n) is 5.36. The molecule has 1 saturated heterocycles. The van der Waals surface area contributed by atoms with Gasteiger partial charge < -0.3 is 14.2 Å². The molecule has 2 atom stereocenters. The molecule has 1 aliphatic heterocycles. The van der Waals surface area contributed by atoms with Crippen LogP contribution in [0.25, 0.3) is 10.9 Å². The molecule has 1 aliphatic rings. The van der Waals surface area contributed by atoms with Gasteiger partial charge in [-0.2, -0.15) is 15.3 Å². The second-order valence-electron chi connectivity index (χ2n) is 7.36. The molecule has 1 unspecified atom stereocenters. The number of benzene rings is 1. The highest BCUT2D eigenvalue weighted by molar-refractivity contribution is 14.1. The van der Waals surface area contributed by atoms with Crippen molar-refractivity contribution < 1.29 is 14.2 Å². The van der Waals surface area contributed by atoms with E-state index in [0.717, 1.165) is 57.3 Å². The number of halogens is 1. The number of hydrogen-bond donors (Lipinski definition) is 0. The summed E-state index contributed by atoms with van der Waals surface area (Å²) >= 11 is 2.27. The van der Waals surface area contributed by atoms with E-state index >= 15 is 0 Å². The number of ether oxygens (including phenoxy) is 3. The normalized spacial score (nSPS) is 18.0. The molecule has 0 N–H and O–H groups in total. The monoisotopic (exact) mass is 508 g/mol. The SMILES string of the molecule is COc1cc2c(cc1O[C@H](C)c1c(C)cnnc1C)c(I)nn2C1CCCCO1. The molecule has 0 radical (unpaired) electrons. The number of aromatic nitrogens is 4. The predicted molar refractivity (Wildman–Crippen MR) is 118 cm³/mol. The van der Waals surface area contributed by atoms with Crippen molar-refractivity contribution in [3.8, 4) is 11.5 Å². The average molecular weight is 508 g/mol. The number of hydrogen-bond acceptors (Lipinski definition) is 6. The Labute approximate surface area is 183 Å². The zero-order chi connectivity index (χ0) is 20.5. The molecule has 0 spiro atoms. The Hall–Kier alpha value is -1.94. The second-order valence-corrected chi connectivity index (χ2v) is 8.39. The number of nitrogens with zero attached hydrogens (tertiary/aromatic N) is 4. The van der Waals surface area contributed by atoms with Crippen LogP contribution in [0.1, 0.15) is 55.3 Å². The van der Waals surface area contributed by atoms with Crippen molar-refractivity contribution in [3.05, 3.63) is 38.9 Å². The summed E-state index contributed by atoms with van der Waals surface area (Å²) in [6.45, 7) is 6.77. The maximum absolute atomic E-state index is 6.34. The molecule has 4 rings (SSSR count). The van der Waals surface area contributed by atoms with Gasteiger partial charge in [0.15, 0.2) is 17.7 Å².